The summed E-state index contributed by atoms with van der Waals surface area (Å²) >= 11 is 3.32. The number of nitrogens with one attached hydrogen (secondary N) is 1. The van der Waals surface area contributed by atoms with Crippen LogP contribution >= 0.6 is 15.9 Å². The van der Waals surface area contributed by atoms with Crippen molar-refractivity contribution in [3.8, 4) is 5.69 Å². The number of halogens is 1. The Labute approximate surface area is 93.3 Å². The molecule has 2 aromatic rings. The molecule has 0 amide bonds. The SMILES string of the molecule is O=c1[nH]ccn(-c2ccccc2Br)c1=O. The number of H-pyrrole nitrogens is 1. The van der Waals surface area contributed by atoms with Crippen LogP contribution in [-0.2, 0) is 0 Å². The third kappa shape index (κ3) is 1.78. The molecule has 0 bridgehead atoms. The van der Waals surface area contributed by atoms with Gasteiger partial charge in [0.15, 0.2) is 0 Å². The molecule has 0 fully saturated rings. The number of hydrogen-bond donors (Lipinski definition) is 1. The van der Waals surface area contributed by atoms with E-state index in [1.54, 1.807) is 12.1 Å². The second kappa shape index (κ2) is 3.86. The van der Waals surface area contributed by atoms with E-state index in [0.717, 1.165) is 4.47 Å². The van der Waals surface area contributed by atoms with Gasteiger partial charge in [-0.2, -0.15) is 0 Å². The Hall–Kier alpha value is -1.62. The Morgan fingerprint density at radius 3 is 2.67 bits per heavy atom. The van der Waals surface area contributed by atoms with E-state index in [0.29, 0.717) is 5.69 Å². The molecule has 0 saturated heterocycles. The fourth-order valence-corrected chi connectivity index (χ4v) is 1.74. The van der Waals surface area contributed by atoms with Gasteiger partial charge in [-0.05, 0) is 28.1 Å². The van der Waals surface area contributed by atoms with Crippen LogP contribution in [0.15, 0.2) is 50.7 Å². The first-order chi connectivity index (χ1) is 7.20. The van der Waals surface area contributed by atoms with Gasteiger partial charge in [0.1, 0.15) is 0 Å². The lowest BCUT2D eigenvalue weighted by Gasteiger charge is -2.05. The number of hydrogen-bond acceptors (Lipinski definition) is 2. The van der Waals surface area contributed by atoms with Crippen LogP contribution in [0.25, 0.3) is 5.69 Å². The lowest BCUT2D eigenvalue weighted by molar-refractivity contribution is 0.923. The van der Waals surface area contributed by atoms with Crippen LogP contribution in [-0.4, -0.2) is 9.55 Å². The van der Waals surface area contributed by atoms with E-state index in [4.69, 9.17) is 0 Å². The highest BCUT2D eigenvalue weighted by atomic mass is 79.9. The summed E-state index contributed by atoms with van der Waals surface area (Å²) in [7, 11) is 0. The van der Waals surface area contributed by atoms with Crippen molar-refractivity contribution < 1.29 is 0 Å². The first-order valence-electron chi connectivity index (χ1n) is 4.25. The molecule has 0 saturated carbocycles. The molecule has 0 atom stereocenters. The van der Waals surface area contributed by atoms with Crippen LogP contribution < -0.4 is 11.1 Å². The summed E-state index contributed by atoms with van der Waals surface area (Å²) in [4.78, 5) is 25.0. The van der Waals surface area contributed by atoms with Gasteiger partial charge < -0.3 is 4.98 Å². The van der Waals surface area contributed by atoms with Crippen LogP contribution in [0.5, 0.6) is 0 Å². The van der Waals surface area contributed by atoms with Crippen LogP contribution in [0.2, 0.25) is 0 Å². The molecule has 1 heterocycles. The number of aromatic nitrogens is 2. The van der Waals surface area contributed by atoms with E-state index in [1.165, 1.54) is 17.0 Å². The summed E-state index contributed by atoms with van der Waals surface area (Å²) in [5, 5.41) is 0. The first-order valence-corrected chi connectivity index (χ1v) is 5.05. The molecule has 0 aliphatic rings. The van der Waals surface area contributed by atoms with E-state index in [9.17, 15) is 9.59 Å². The fourth-order valence-electron chi connectivity index (χ4n) is 1.26. The maximum atomic E-state index is 11.5. The summed E-state index contributed by atoms with van der Waals surface area (Å²) in [5.41, 5.74) is -0.578. The van der Waals surface area contributed by atoms with E-state index in [2.05, 4.69) is 20.9 Å². The maximum Gasteiger partial charge on any atom is 0.320 e. The quantitative estimate of drug-likeness (QED) is 0.791. The lowest BCUT2D eigenvalue weighted by atomic mass is 10.3. The van der Waals surface area contributed by atoms with Gasteiger partial charge in [0.05, 0.1) is 5.69 Å². The topological polar surface area (TPSA) is 54.9 Å². The summed E-state index contributed by atoms with van der Waals surface area (Å²) in [6.07, 6.45) is 2.95. The molecule has 2 rings (SSSR count). The third-order valence-corrected chi connectivity index (χ3v) is 2.63. The minimum atomic E-state index is -0.631. The van der Waals surface area contributed by atoms with Crippen molar-refractivity contribution >= 4 is 15.9 Å². The van der Waals surface area contributed by atoms with Crippen molar-refractivity contribution in [3.05, 3.63) is 61.8 Å². The molecule has 4 nitrogen and oxygen atoms in total. The molecule has 5 heteroatoms. The second-order valence-electron chi connectivity index (χ2n) is 2.92. The van der Waals surface area contributed by atoms with Crippen molar-refractivity contribution in [2.45, 2.75) is 0 Å². The fraction of sp³-hybridized carbons (Fsp3) is 0. The summed E-state index contributed by atoms with van der Waals surface area (Å²) in [6.45, 7) is 0. The monoisotopic (exact) mass is 266 g/mol. The standard InChI is InChI=1S/C10H7BrN2O2/c11-7-3-1-2-4-8(7)13-6-5-12-9(14)10(13)15/h1-6H,(H,12,14). The van der Waals surface area contributed by atoms with Crippen LogP contribution in [0.4, 0.5) is 0 Å². The van der Waals surface area contributed by atoms with Gasteiger partial charge in [-0.15, -0.1) is 0 Å². The average Bonchev–Trinajstić information content (AvgIpc) is 2.23. The highest BCUT2D eigenvalue weighted by Gasteiger charge is 2.04. The van der Waals surface area contributed by atoms with Gasteiger partial charge in [-0.25, -0.2) is 0 Å². The smallest absolute Gasteiger partial charge is 0.320 e. The van der Waals surface area contributed by atoms with Crippen LogP contribution in [0, 0.1) is 0 Å². The zero-order valence-corrected chi connectivity index (χ0v) is 9.19. The highest BCUT2D eigenvalue weighted by Crippen LogP contribution is 2.17. The van der Waals surface area contributed by atoms with Gasteiger partial charge in [-0.1, -0.05) is 12.1 Å². The predicted octanol–water partition coefficient (Wildman–Crippen LogP) is 1.29. The number of benzene rings is 1. The molecule has 1 N–H and O–H groups in total. The number of nitrogens with zero attached hydrogens (tertiary/aromatic N) is 1. The normalized spacial score (nSPS) is 10.2. The van der Waals surface area contributed by atoms with Gasteiger partial charge in [0, 0.05) is 16.9 Å². The van der Waals surface area contributed by atoms with Crippen molar-refractivity contribution in [1.82, 2.24) is 9.55 Å². The molecular weight excluding hydrogens is 260 g/mol. The molecule has 0 aliphatic carbocycles. The number of rotatable bonds is 1. The van der Waals surface area contributed by atoms with Crippen molar-refractivity contribution in [2.75, 3.05) is 0 Å². The first kappa shape index (κ1) is 9.92. The molecule has 0 aliphatic heterocycles. The minimum Gasteiger partial charge on any atom is -0.323 e. The van der Waals surface area contributed by atoms with E-state index >= 15 is 0 Å². The Balaban J connectivity index is 2.76. The second-order valence-corrected chi connectivity index (χ2v) is 3.77. The Bertz CT molecular complexity index is 601. The Morgan fingerprint density at radius 1 is 1.20 bits per heavy atom. The highest BCUT2D eigenvalue weighted by molar-refractivity contribution is 9.10. The maximum absolute atomic E-state index is 11.5. The van der Waals surface area contributed by atoms with Crippen molar-refractivity contribution in [3.63, 3.8) is 0 Å². The van der Waals surface area contributed by atoms with Gasteiger partial charge in [0.2, 0.25) is 0 Å². The Morgan fingerprint density at radius 2 is 1.93 bits per heavy atom. The number of aromatic amines is 1. The molecule has 0 unspecified atom stereocenters. The molecular formula is C10H7BrN2O2. The summed E-state index contributed by atoms with van der Waals surface area (Å²) < 4.78 is 2.06. The summed E-state index contributed by atoms with van der Waals surface area (Å²) in [5.74, 6) is 0. The van der Waals surface area contributed by atoms with Gasteiger partial charge >= 0.3 is 11.1 Å². The summed E-state index contributed by atoms with van der Waals surface area (Å²) in [6, 6.07) is 7.20. The van der Waals surface area contributed by atoms with Gasteiger partial charge in [0.25, 0.3) is 0 Å². The van der Waals surface area contributed by atoms with Crippen LogP contribution in [0.1, 0.15) is 0 Å². The zero-order valence-electron chi connectivity index (χ0n) is 7.61. The molecule has 76 valence electrons. The molecule has 1 aromatic carbocycles. The molecule has 0 spiro atoms. The van der Waals surface area contributed by atoms with Crippen molar-refractivity contribution in [1.29, 1.82) is 0 Å². The number of para-hydroxylation sites is 1. The third-order valence-electron chi connectivity index (χ3n) is 1.96. The van der Waals surface area contributed by atoms with Crippen LogP contribution in [0.3, 0.4) is 0 Å². The molecule has 1 aromatic heterocycles. The lowest BCUT2D eigenvalue weighted by Crippen LogP contribution is -2.34. The van der Waals surface area contributed by atoms with E-state index < -0.39 is 11.1 Å². The van der Waals surface area contributed by atoms with E-state index in [1.807, 2.05) is 12.1 Å². The van der Waals surface area contributed by atoms with Crippen molar-refractivity contribution in [2.24, 2.45) is 0 Å². The van der Waals surface area contributed by atoms with Gasteiger partial charge in [-0.3, -0.25) is 14.2 Å². The zero-order chi connectivity index (χ0) is 10.8. The molecule has 0 radical (unpaired) electrons. The predicted molar refractivity (Wildman–Crippen MR) is 60.4 cm³/mol. The minimum absolute atomic E-state index is 0.593. The Kier molecular flexibility index (Phi) is 2.55. The largest absolute Gasteiger partial charge is 0.323 e. The van der Waals surface area contributed by atoms with E-state index in [-0.39, 0.29) is 0 Å². The average molecular weight is 267 g/mol. The molecule has 15 heavy (non-hydrogen) atoms.